The van der Waals surface area contributed by atoms with Crippen molar-refractivity contribution in [3.63, 3.8) is 0 Å². The highest BCUT2D eigenvalue weighted by molar-refractivity contribution is 9.10. The van der Waals surface area contributed by atoms with Crippen molar-refractivity contribution in [3.05, 3.63) is 34.1 Å². The third kappa shape index (κ3) is 3.77. The first-order valence-corrected chi connectivity index (χ1v) is 7.85. The lowest BCUT2D eigenvalue weighted by molar-refractivity contribution is 0.210. The first-order chi connectivity index (χ1) is 9.13. The summed E-state index contributed by atoms with van der Waals surface area (Å²) in [6.07, 6.45) is 6.13. The first-order valence-electron chi connectivity index (χ1n) is 7.06. The van der Waals surface area contributed by atoms with Crippen molar-refractivity contribution in [2.45, 2.75) is 45.1 Å². The summed E-state index contributed by atoms with van der Waals surface area (Å²) in [6, 6.07) is 5.07. The molecule has 0 heterocycles. The molecule has 1 aromatic rings. The van der Waals surface area contributed by atoms with Crippen molar-refractivity contribution in [1.82, 2.24) is 5.43 Å². The average Bonchev–Trinajstić information content (AvgIpc) is 2.39. The molecule has 0 aromatic heterocycles. The molecule has 1 aromatic carbocycles. The van der Waals surface area contributed by atoms with E-state index < -0.39 is 0 Å². The molecule has 0 bridgehead atoms. The molecule has 3 unspecified atom stereocenters. The predicted octanol–water partition coefficient (Wildman–Crippen LogP) is 4.31. The molecule has 2 rings (SSSR count). The Balaban J connectivity index is 2.18. The lowest BCUT2D eigenvalue weighted by atomic mass is 9.75. The Kier molecular flexibility index (Phi) is 5.37. The van der Waals surface area contributed by atoms with Crippen molar-refractivity contribution in [2.24, 2.45) is 17.7 Å². The molecule has 2 nitrogen and oxygen atoms in total. The van der Waals surface area contributed by atoms with Gasteiger partial charge in [-0.2, -0.15) is 0 Å². The Hall–Kier alpha value is -0.450. The Morgan fingerprint density at radius 2 is 2.21 bits per heavy atom. The van der Waals surface area contributed by atoms with E-state index in [1.54, 1.807) is 6.07 Å². The zero-order valence-electron chi connectivity index (χ0n) is 11.3. The molecule has 3 N–H and O–H groups in total. The topological polar surface area (TPSA) is 38.0 Å². The van der Waals surface area contributed by atoms with Gasteiger partial charge in [0.2, 0.25) is 0 Å². The molecule has 1 aliphatic carbocycles. The van der Waals surface area contributed by atoms with E-state index in [-0.39, 0.29) is 11.9 Å². The molecule has 4 heteroatoms. The minimum Gasteiger partial charge on any atom is -0.271 e. The standard InChI is InChI=1S/C15H22BrFN2/c1-2-10-4-3-5-11(6-10)15(19-18)12-7-13(16)9-14(17)8-12/h7-11,15,19H,2-6,18H2,1H3. The zero-order chi connectivity index (χ0) is 13.8. The van der Waals surface area contributed by atoms with Gasteiger partial charge in [0.15, 0.2) is 0 Å². The highest BCUT2D eigenvalue weighted by Crippen LogP contribution is 2.38. The monoisotopic (exact) mass is 328 g/mol. The molecule has 0 aliphatic heterocycles. The second-order valence-electron chi connectivity index (χ2n) is 5.55. The van der Waals surface area contributed by atoms with Crippen molar-refractivity contribution in [1.29, 1.82) is 0 Å². The summed E-state index contributed by atoms with van der Waals surface area (Å²) in [7, 11) is 0. The van der Waals surface area contributed by atoms with Gasteiger partial charge in [0, 0.05) is 10.5 Å². The lowest BCUT2D eigenvalue weighted by Gasteiger charge is -2.34. The molecule has 3 atom stereocenters. The molecular weight excluding hydrogens is 307 g/mol. The summed E-state index contributed by atoms with van der Waals surface area (Å²) < 4.78 is 14.3. The molecule has 1 saturated carbocycles. The Morgan fingerprint density at radius 1 is 1.42 bits per heavy atom. The summed E-state index contributed by atoms with van der Waals surface area (Å²) >= 11 is 3.35. The van der Waals surface area contributed by atoms with Crippen molar-refractivity contribution < 1.29 is 4.39 Å². The van der Waals surface area contributed by atoms with Crippen LogP contribution in [0.2, 0.25) is 0 Å². The number of halogens is 2. The summed E-state index contributed by atoms with van der Waals surface area (Å²) in [5, 5.41) is 0. The van der Waals surface area contributed by atoms with Crippen molar-refractivity contribution in [2.75, 3.05) is 0 Å². The van der Waals surface area contributed by atoms with Crippen LogP contribution in [-0.2, 0) is 0 Å². The van der Waals surface area contributed by atoms with E-state index in [9.17, 15) is 4.39 Å². The van der Waals surface area contributed by atoms with Crippen LogP contribution in [0.5, 0.6) is 0 Å². The highest BCUT2D eigenvalue weighted by atomic mass is 79.9. The lowest BCUT2D eigenvalue weighted by Crippen LogP contribution is -2.35. The van der Waals surface area contributed by atoms with Crippen molar-refractivity contribution in [3.8, 4) is 0 Å². The SMILES string of the molecule is CCC1CCCC(C(NN)c2cc(F)cc(Br)c2)C1. The van der Waals surface area contributed by atoms with Gasteiger partial charge in [-0.1, -0.05) is 42.1 Å². The van der Waals surface area contributed by atoms with Gasteiger partial charge in [0.25, 0.3) is 0 Å². The van der Waals surface area contributed by atoms with Crippen molar-refractivity contribution >= 4 is 15.9 Å². The van der Waals surface area contributed by atoms with Crippen LogP contribution < -0.4 is 11.3 Å². The zero-order valence-corrected chi connectivity index (χ0v) is 12.9. The number of hydrazine groups is 1. The number of nitrogens with one attached hydrogen (secondary N) is 1. The van der Waals surface area contributed by atoms with Gasteiger partial charge in [0.1, 0.15) is 5.82 Å². The van der Waals surface area contributed by atoms with E-state index in [2.05, 4.69) is 28.3 Å². The quantitative estimate of drug-likeness (QED) is 0.638. The smallest absolute Gasteiger partial charge is 0.124 e. The molecule has 106 valence electrons. The van der Waals surface area contributed by atoms with Gasteiger partial charge >= 0.3 is 0 Å². The van der Waals surface area contributed by atoms with Crippen LogP contribution in [0.1, 0.15) is 50.6 Å². The molecule has 1 aliphatic rings. The number of nitrogens with two attached hydrogens (primary N) is 1. The van der Waals surface area contributed by atoms with E-state index >= 15 is 0 Å². The molecule has 0 spiro atoms. The van der Waals surface area contributed by atoms with Gasteiger partial charge < -0.3 is 0 Å². The second kappa shape index (κ2) is 6.82. The maximum absolute atomic E-state index is 13.5. The Labute approximate surface area is 123 Å². The molecule has 0 radical (unpaired) electrons. The van der Waals surface area contributed by atoms with Gasteiger partial charge in [-0.15, -0.1) is 0 Å². The number of benzene rings is 1. The van der Waals surface area contributed by atoms with E-state index in [1.165, 1.54) is 38.2 Å². The summed E-state index contributed by atoms with van der Waals surface area (Å²) in [5.41, 5.74) is 3.84. The van der Waals surface area contributed by atoms with Crippen LogP contribution in [0, 0.1) is 17.7 Å². The first kappa shape index (κ1) is 14.9. The number of hydrogen-bond donors (Lipinski definition) is 2. The molecule has 0 saturated heterocycles. The fourth-order valence-electron chi connectivity index (χ4n) is 3.27. The maximum atomic E-state index is 13.5. The minimum atomic E-state index is -0.215. The number of rotatable bonds is 4. The predicted molar refractivity (Wildman–Crippen MR) is 79.9 cm³/mol. The third-order valence-corrected chi connectivity index (χ3v) is 4.75. The highest BCUT2D eigenvalue weighted by Gasteiger charge is 2.28. The van der Waals surface area contributed by atoms with Crippen LogP contribution in [-0.4, -0.2) is 0 Å². The van der Waals surface area contributed by atoms with Gasteiger partial charge in [0.05, 0.1) is 0 Å². The largest absolute Gasteiger partial charge is 0.271 e. The summed E-state index contributed by atoms with van der Waals surface area (Å²) in [4.78, 5) is 0. The van der Waals surface area contributed by atoms with Crippen LogP contribution in [0.4, 0.5) is 4.39 Å². The van der Waals surface area contributed by atoms with E-state index in [4.69, 9.17) is 5.84 Å². The number of hydrogen-bond acceptors (Lipinski definition) is 2. The van der Waals surface area contributed by atoms with Gasteiger partial charge in [-0.25, -0.2) is 4.39 Å². The maximum Gasteiger partial charge on any atom is 0.124 e. The van der Waals surface area contributed by atoms with Crippen LogP contribution in [0.25, 0.3) is 0 Å². The Morgan fingerprint density at radius 3 is 2.84 bits per heavy atom. The Bertz CT molecular complexity index is 404. The molecule has 19 heavy (non-hydrogen) atoms. The normalized spacial score (nSPS) is 25.3. The second-order valence-corrected chi connectivity index (χ2v) is 6.46. The minimum absolute atomic E-state index is 0.0429. The third-order valence-electron chi connectivity index (χ3n) is 4.30. The van der Waals surface area contributed by atoms with Crippen LogP contribution >= 0.6 is 15.9 Å². The van der Waals surface area contributed by atoms with Crippen LogP contribution in [0.3, 0.4) is 0 Å². The van der Waals surface area contributed by atoms with Crippen LogP contribution in [0.15, 0.2) is 22.7 Å². The summed E-state index contributed by atoms with van der Waals surface area (Å²) in [6.45, 7) is 2.25. The fourth-order valence-corrected chi connectivity index (χ4v) is 3.75. The molecular formula is C15H22BrFN2. The molecule has 1 fully saturated rings. The van der Waals surface area contributed by atoms with Gasteiger partial charge in [-0.3, -0.25) is 11.3 Å². The average molecular weight is 329 g/mol. The van der Waals surface area contributed by atoms with Gasteiger partial charge in [-0.05, 0) is 48.4 Å². The molecule has 0 amide bonds. The summed E-state index contributed by atoms with van der Waals surface area (Å²) in [5.74, 6) is 6.80. The van der Waals surface area contributed by atoms with E-state index in [0.717, 1.165) is 16.0 Å². The van der Waals surface area contributed by atoms with E-state index in [1.807, 2.05) is 6.07 Å². The fraction of sp³-hybridized carbons (Fsp3) is 0.600. The van der Waals surface area contributed by atoms with E-state index in [0.29, 0.717) is 5.92 Å².